The Balaban J connectivity index is 2.26. The van der Waals surface area contributed by atoms with E-state index in [1.165, 1.54) is 19.3 Å². The zero-order valence-electron chi connectivity index (χ0n) is 9.12. The molecule has 2 unspecified atom stereocenters. The smallest absolute Gasteiger partial charge is 0.236 e. The lowest BCUT2D eigenvalue weighted by molar-refractivity contribution is -0.122. The maximum Gasteiger partial charge on any atom is 0.236 e. The van der Waals surface area contributed by atoms with E-state index in [0.29, 0.717) is 6.04 Å². The van der Waals surface area contributed by atoms with E-state index in [4.69, 9.17) is 5.73 Å². The van der Waals surface area contributed by atoms with Crippen LogP contribution in [0, 0.1) is 0 Å². The number of nitrogens with one attached hydrogen (secondary N) is 1. The molecule has 1 heterocycles. The van der Waals surface area contributed by atoms with Gasteiger partial charge >= 0.3 is 0 Å². The molecule has 1 fully saturated rings. The Bertz CT molecular complexity index is 194. The first-order chi connectivity index (χ1) is 6.61. The van der Waals surface area contributed by atoms with Crippen LogP contribution in [0.5, 0.6) is 0 Å². The Labute approximate surface area is 85.8 Å². The summed E-state index contributed by atoms with van der Waals surface area (Å²) in [6, 6.07) is 0.0929. The maximum atomic E-state index is 11.2. The summed E-state index contributed by atoms with van der Waals surface area (Å²) in [5.41, 5.74) is 5.46. The topological polar surface area (TPSA) is 58.4 Å². The predicted molar refractivity (Wildman–Crippen MR) is 56.9 cm³/mol. The van der Waals surface area contributed by atoms with Gasteiger partial charge in [-0.05, 0) is 33.4 Å². The van der Waals surface area contributed by atoms with Gasteiger partial charge < -0.3 is 16.0 Å². The number of likely N-dealkylation sites (tertiary alicyclic amines) is 1. The third-order valence-electron chi connectivity index (χ3n) is 2.85. The van der Waals surface area contributed by atoms with E-state index in [0.717, 1.165) is 13.1 Å². The molecule has 0 saturated carbocycles. The van der Waals surface area contributed by atoms with Crippen LogP contribution in [0.2, 0.25) is 0 Å². The third kappa shape index (κ3) is 3.27. The highest BCUT2D eigenvalue weighted by atomic mass is 16.2. The van der Waals surface area contributed by atoms with Gasteiger partial charge in [-0.1, -0.05) is 6.42 Å². The van der Waals surface area contributed by atoms with Gasteiger partial charge in [0.25, 0.3) is 0 Å². The predicted octanol–water partition coefficient (Wildman–Crippen LogP) is -0.0659. The van der Waals surface area contributed by atoms with Crippen molar-refractivity contribution in [3.63, 3.8) is 0 Å². The minimum Gasteiger partial charge on any atom is -0.353 e. The van der Waals surface area contributed by atoms with Gasteiger partial charge in [0.15, 0.2) is 0 Å². The van der Waals surface area contributed by atoms with E-state index in [1.54, 1.807) is 6.92 Å². The average Bonchev–Trinajstić information content (AvgIpc) is 2.16. The quantitative estimate of drug-likeness (QED) is 0.669. The first-order valence-electron chi connectivity index (χ1n) is 5.35. The van der Waals surface area contributed by atoms with Crippen molar-refractivity contribution in [3.8, 4) is 0 Å². The zero-order chi connectivity index (χ0) is 10.6. The Morgan fingerprint density at radius 2 is 2.36 bits per heavy atom. The van der Waals surface area contributed by atoms with Gasteiger partial charge in [-0.3, -0.25) is 4.79 Å². The number of amides is 1. The zero-order valence-corrected chi connectivity index (χ0v) is 9.12. The lowest BCUT2D eigenvalue weighted by Crippen LogP contribution is -2.47. The highest BCUT2D eigenvalue weighted by molar-refractivity contribution is 5.80. The lowest BCUT2D eigenvalue weighted by atomic mass is 10.0. The van der Waals surface area contributed by atoms with E-state index in [1.807, 2.05) is 0 Å². The highest BCUT2D eigenvalue weighted by Crippen LogP contribution is 2.13. The third-order valence-corrected chi connectivity index (χ3v) is 2.85. The standard InChI is InChI=1S/C10H21N3O/c1-8(11)10(14)12-7-9-5-3-4-6-13(9)2/h8-9H,3-7,11H2,1-2H3,(H,12,14). The molecule has 0 aromatic carbocycles. The number of piperidine rings is 1. The number of hydrogen-bond donors (Lipinski definition) is 2. The number of nitrogens with zero attached hydrogens (tertiary/aromatic N) is 1. The molecule has 0 aromatic heterocycles. The van der Waals surface area contributed by atoms with Crippen LogP contribution in [0.4, 0.5) is 0 Å². The van der Waals surface area contributed by atoms with Crippen molar-refractivity contribution in [1.29, 1.82) is 0 Å². The molecular weight excluding hydrogens is 178 g/mol. The average molecular weight is 199 g/mol. The molecule has 3 N–H and O–H groups in total. The van der Waals surface area contributed by atoms with E-state index in [2.05, 4.69) is 17.3 Å². The summed E-state index contributed by atoms with van der Waals surface area (Å²) in [7, 11) is 2.11. The Hall–Kier alpha value is -0.610. The van der Waals surface area contributed by atoms with Crippen LogP contribution in [0.1, 0.15) is 26.2 Å². The van der Waals surface area contributed by atoms with Crippen LogP contribution in [0.3, 0.4) is 0 Å². The fourth-order valence-electron chi connectivity index (χ4n) is 1.78. The van der Waals surface area contributed by atoms with Crippen LogP contribution < -0.4 is 11.1 Å². The molecule has 14 heavy (non-hydrogen) atoms. The van der Waals surface area contributed by atoms with Crippen LogP contribution in [0.15, 0.2) is 0 Å². The van der Waals surface area contributed by atoms with Crippen LogP contribution in [0.25, 0.3) is 0 Å². The second-order valence-corrected chi connectivity index (χ2v) is 4.16. The largest absolute Gasteiger partial charge is 0.353 e. The fourth-order valence-corrected chi connectivity index (χ4v) is 1.78. The van der Waals surface area contributed by atoms with Crippen molar-refractivity contribution in [2.75, 3.05) is 20.1 Å². The summed E-state index contributed by atoms with van der Waals surface area (Å²) < 4.78 is 0. The van der Waals surface area contributed by atoms with Crippen molar-refractivity contribution >= 4 is 5.91 Å². The summed E-state index contributed by atoms with van der Waals surface area (Å²) in [4.78, 5) is 13.5. The number of likely N-dealkylation sites (N-methyl/N-ethyl adjacent to an activating group) is 1. The molecule has 1 aliphatic heterocycles. The lowest BCUT2D eigenvalue weighted by Gasteiger charge is -2.32. The summed E-state index contributed by atoms with van der Waals surface area (Å²) >= 11 is 0. The minimum absolute atomic E-state index is 0.0519. The van der Waals surface area contributed by atoms with E-state index < -0.39 is 6.04 Å². The number of carbonyl (C=O) groups is 1. The normalized spacial score (nSPS) is 25.8. The van der Waals surface area contributed by atoms with Gasteiger partial charge in [0.05, 0.1) is 6.04 Å². The number of rotatable bonds is 3. The highest BCUT2D eigenvalue weighted by Gasteiger charge is 2.19. The summed E-state index contributed by atoms with van der Waals surface area (Å²) in [5.74, 6) is -0.0519. The van der Waals surface area contributed by atoms with Crippen LogP contribution in [-0.2, 0) is 4.79 Å². The fraction of sp³-hybridized carbons (Fsp3) is 0.900. The molecular formula is C10H21N3O. The first-order valence-corrected chi connectivity index (χ1v) is 5.35. The van der Waals surface area contributed by atoms with Gasteiger partial charge in [0.1, 0.15) is 0 Å². The Morgan fingerprint density at radius 1 is 1.64 bits per heavy atom. The molecule has 1 amide bonds. The van der Waals surface area contributed by atoms with Crippen molar-refractivity contribution in [1.82, 2.24) is 10.2 Å². The minimum atomic E-state index is -0.399. The molecule has 4 nitrogen and oxygen atoms in total. The molecule has 4 heteroatoms. The number of carbonyl (C=O) groups excluding carboxylic acids is 1. The second-order valence-electron chi connectivity index (χ2n) is 4.16. The van der Waals surface area contributed by atoms with Gasteiger partial charge in [-0.25, -0.2) is 0 Å². The monoisotopic (exact) mass is 199 g/mol. The number of hydrogen-bond acceptors (Lipinski definition) is 3. The molecule has 2 atom stereocenters. The van der Waals surface area contributed by atoms with Gasteiger partial charge in [-0.15, -0.1) is 0 Å². The molecule has 82 valence electrons. The van der Waals surface area contributed by atoms with E-state index >= 15 is 0 Å². The van der Waals surface area contributed by atoms with Crippen LogP contribution >= 0.6 is 0 Å². The van der Waals surface area contributed by atoms with Crippen molar-refractivity contribution < 1.29 is 4.79 Å². The van der Waals surface area contributed by atoms with Crippen molar-refractivity contribution in [2.24, 2.45) is 5.73 Å². The Kier molecular flexibility index (Phi) is 4.35. The number of nitrogens with two attached hydrogens (primary N) is 1. The van der Waals surface area contributed by atoms with Crippen molar-refractivity contribution in [2.45, 2.75) is 38.3 Å². The molecule has 1 saturated heterocycles. The van der Waals surface area contributed by atoms with Gasteiger partial charge in [0, 0.05) is 12.6 Å². The molecule has 1 aliphatic rings. The summed E-state index contributed by atoms with van der Waals surface area (Å²) in [5, 5.41) is 2.88. The van der Waals surface area contributed by atoms with Gasteiger partial charge in [0.2, 0.25) is 5.91 Å². The Morgan fingerprint density at radius 3 is 2.93 bits per heavy atom. The second kappa shape index (κ2) is 5.32. The van der Waals surface area contributed by atoms with E-state index in [-0.39, 0.29) is 5.91 Å². The molecule has 0 aromatic rings. The van der Waals surface area contributed by atoms with Crippen LogP contribution in [-0.4, -0.2) is 43.0 Å². The summed E-state index contributed by atoms with van der Waals surface area (Å²) in [6.45, 7) is 3.58. The molecule has 0 bridgehead atoms. The van der Waals surface area contributed by atoms with Gasteiger partial charge in [-0.2, -0.15) is 0 Å². The van der Waals surface area contributed by atoms with Crippen molar-refractivity contribution in [3.05, 3.63) is 0 Å². The first kappa shape index (κ1) is 11.5. The molecule has 0 radical (unpaired) electrons. The SMILES string of the molecule is CC(N)C(=O)NCC1CCCCN1C. The summed E-state index contributed by atoms with van der Waals surface area (Å²) in [6.07, 6.45) is 3.72. The maximum absolute atomic E-state index is 11.2. The molecule has 0 aliphatic carbocycles. The van der Waals surface area contributed by atoms with E-state index in [9.17, 15) is 4.79 Å². The molecule has 0 spiro atoms. The molecule has 1 rings (SSSR count).